The molecular weight excluding hydrogens is 304 g/mol. The molecule has 1 aliphatic heterocycles. The topological polar surface area (TPSA) is 79.9 Å². The summed E-state index contributed by atoms with van der Waals surface area (Å²) in [5, 5.41) is 9.29. The normalized spacial score (nSPS) is 14.1. The summed E-state index contributed by atoms with van der Waals surface area (Å²) in [5.41, 5.74) is 2.29. The Morgan fingerprint density at radius 1 is 1.12 bits per heavy atom. The van der Waals surface area contributed by atoms with Crippen molar-refractivity contribution in [2.24, 2.45) is 0 Å². The minimum atomic E-state index is 0.166. The lowest BCUT2D eigenvalue weighted by atomic mass is 10.3. The van der Waals surface area contributed by atoms with Crippen LogP contribution in [-0.4, -0.2) is 39.7 Å². The van der Waals surface area contributed by atoms with Gasteiger partial charge in [-0.1, -0.05) is 0 Å². The number of hydrogen-bond donors (Lipinski definition) is 0. The van der Waals surface area contributed by atoms with Gasteiger partial charge in [-0.25, -0.2) is 4.98 Å². The van der Waals surface area contributed by atoms with E-state index in [1.165, 1.54) is 0 Å². The molecule has 1 aliphatic rings. The standard InChI is InChI=1S/C17H16N6O/c1-24-13-6-4-12(5-7-13)23-11-19-15-16(22-8-2-3-9-22)20-14(10-18)21-17(15)23/h4-7,11H,2-3,8-9H2,1H3. The molecule has 0 saturated carbocycles. The molecule has 3 heterocycles. The van der Waals surface area contributed by atoms with E-state index >= 15 is 0 Å². The van der Waals surface area contributed by atoms with Crippen molar-refractivity contribution in [2.75, 3.05) is 25.1 Å². The Morgan fingerprint density at radius 3 is 2.54 bits per heavy atom. The Bertz CT molecular complexity index is 919. The summed E-state index contributed by atoms with van der Waals surface area (Å²) in [5.74, 6) is 1.70. The van der Waals surface area contributed by atoms with Crippen LogP contribution in [-0.2, 0) is 0 Å². The van der Waals surface area contributed by atoms with Crippen LogP contribution in [0.15, 0.2) is 30.6 Å². The molecule has 7 heteroatoms. The summed E-state index contributed by atoms with van der Waals surface area (Å²) in [4.78, 5) is 15.5. The lowest BCUT2D eigenvalue weighted by molar-refractivity contribution is 0.415. The third-order valence-electron chi connectivity index (χ3n) is 4.23. The second kappa shape index (κ2) is 5.81. The summed E-state index contributed by atoms with van der Waals surface area (Å²) < 4.78 is 7.07. The van der Waals surface area contributed by atoms with E-state index in [1.54, 1.807) is 13.4 Å². The first-order valence-corrected chi connectivity index (χ1v) is 7.85. The number of nitriles is 1. The van der Waals surface area contributed by atoms with Gasteiger partial charge in [0.05, 0.1) is 7.11 Å². The zero-order chi connectivity index (χ0) is 16.5. The molecule has 120 valence electrons. The Balaban J connectivity index is 1.88. The Hall–Kier alpha value is -3.14. The first-order chi connectivity index (χ1) is 11.8. The first-order valence-electron chi connectivity index (χ1n) is 7.85. The molecule has 0 bridgehead atoms. The van der Waals surface area contributed by atoms with E-state index in [9.17, 15) is 5.26 Å². The molecule has 4 rings (SSSR count). The number of hydrogen-bond acceptors (Lipinski definition) is 6. The highest BCUT2D eigenvalue weighted by molar-refractivity contribution is 5.85. The highest BCUT2D eigenvalue weighted by Gasteiger charge is 2.21. The van der Waals surface area contributed by atoms with Crippen molar-refractivity contribution in [2.45, 2.75) is 12.8 Å². The molecule has 1 aromatic carbocycles. The van der Waals surface area contributed by atoms with Gasteiger partial charge in [0.15, 0.2) is 17.0 Å². The molecule has 7 nitrogen and oxygen atoms in total. The van der Waals surface area contributed by atoms with Crippen LogP contribution in [0.5, 0.6) is 5.75 Å². The molecule has 1 fully saturated rings. The van der Waals surface area contributed by atoms with Crippen LogP contribution in [0, 0.1) is 11.3 Å². The molecule has 24 heavy (non-hydrogen) atoms. The fourth-order valence-electron chi connectivity index (χ4n) is 3.02. The Kier molecular flexibility index (Phi) is 3.50. The Labute approximate surface area is 139 Å². The predicted molar refractivity (Wildman–Crippen MR) is 89.4 cm³/mol. The molecule has 0 atom stereocenters. The number of fused-ring (bicyclic) bond motifs is 1. The summed E-state index contributed by atoms with van der Waals surface area (Å²) in [6, 6.07) is 9.70. The van der Waals surface area contributed by atoms with Crippen LogP contribution in [0.3, 0.4) is 0 Å². The van der Waals surface area contributed by atoms with E-state index in [-0.39, 0.29) is 5.82 Å². The SMILES string of the molecule is COc1ccc(-n2cnc3c(N4CCCC4)nc(C#N)nc32)cc1. The zero-order valence-electron chi connectivity index (χ0n) is 13.3. The van der Waals surface area contributed by atoms with Crippen LogP contribution in [0.25, 0.3) is 16.9 Å². The average Bonchev–Trinajstić information content (AvgIpc) is 3.30. The van der Waals surface area contributed by atoms with Crippen LogP contribution < -0.4 is 9.64 Å². The number of benzene rings is 1. The zero-order valence-corrected chi connectivity index (χ0v) is 13.3. The lowest BCUT2D eigenvalue weighted by Gasteiger charge is -2.16. The van der Waals surface area contributed by atoms with Gasteiger partial charge in [0, 0.05) is 18.8 Å². The average molecular weight is 320 g/mol. The van der Waals surface area contributed by atoms with Crippen LogP contribution >= 0.6 is 0 Å². The van der Waals surface area contributed by atoms with E-state index in [4.69, 9.17) is 4.74 Å². The second-order valence-corrected chi connectivity index (χ2v) is 5.66. The van der Waals surface area contributed by atoms with Crippen LogP contribution in [0.2, 0.25) is 0 Å². The van der Waals surface area contributed by atoms with Gasteiger partial charge >= 0.3 is 0 Å². The van der Waals surface area contributed by atoms with Gasteiger partial charge in [-0.3, -0.25) is 4.57 Å². The molecule has 0 radical (unpaired) electrons. The number of ether oxygens (including phenoxy) is 1. The van der Waals surface area contributed by atoms with Crippen LogP contribution in [0.1, 0.15) is 18.7 Å². The monoisotopic (exact) mass is 320 g/mol. The summed E-state index contributed by atoms with van der Waals surface area (Å²) in [6.07, 6.45) is 3.99. The summed E-state index contributed by atoms with van der Waals surface area (Å²) >= 11 is 0. The van der Waals surface area contributed by atoms with Gasteiger partial charge in [0.2, 0.25) is 5.82 Å². The number of anilines is 1. The maximum absolute atomic E-state index is 9.29. The number of aromatic nitrogens is 4. The van der Waals surface area contributed by atoms with E-state index < -0.39 is 0 Å². The quantitative estimate of drug-likeness (QED) is 0.736. The van der Waals surface area contributed by atoms with Crippen molar-refractivity contribution in [1.29, 1.82) is 5.26 Å². The Morgan fingerprint density at radius 2 is 1.88 bits per heavy atom. The smallest absolute Gasteiger partial charge is 0.236 e. The minimum absolute atomic E-state index is 0.166. The minimum Gasteiger partial charge on any atom is -0.497 e. The highest BCUT2D eigenvalue weighted by atomic mass is 16.5. The summed E-state index contributed by atoms with van der Waals surface area (Å²) in [6.45, 7) is 1.87. The lowest BCUT2D eigenvalue weighted by Crippen LogP contribution is -2.20. The third kappa shape index (κ3) is 2.33. The largest absolute Gasteiger partial charge is 0.497 e. The van der Waals surface area contributed by atoms with Crippen molar-refractivity contribution in [3.8, 4) is 17.5 Å². The molecule has 3 aromatic rings. The van der Waals surface area contributed by atoms with Gasteiger partial charge in [-0.05, 0) is 37.1 Å². The van der Waals surface area contributed by atoms with Crippen molar-refractivity contribution in [3.05, 3.63) is 36.4 Å². The maximum atomic E-state index is 9.29. The van der Waals surface area contributed by atoms with Crippen molar-refractivity contribution in [3.63, 3.8) is 0 Å². The fourth-order valence-corrected chi connectivity index (χ4v) is 3.02. The third-order valence-corrected chi connectivity index (χ3v) is 4.23. The van der Waals surface area contributed by atoms with Gasteiger partial charge in [0.1, 0.15) is 18.1 Å². The number of imidazole rings is 1. The van der Waals surface area contributed by atoms with Crippen molar-refractivity contribution >= 4 is 17.0 Å². The van der Waals surface area contributed by atoms with Gasteiger partial charge in [-0.15, -0.1) is 0 Å². The van der Waals surface area contributed by atoms with Crippen LogP contribution in [0.4, 0.5) is 5.82 Å². The molecule has 0 spiro atoms. The second-order valence-electron chi connectivity index (χ2n) is 5.66. The van der Waals surface area contributed by atoms with E-state index in [2.05, 4.69) is 25.9 Å². The van der Waals surface area contributed by atoms with E-state index in [0.717, 1.165) is 48.7 Å². The van der Waals surface area contributed by atoms with Gasteiger partial charge in [0.25, 0.3) is 0 Å². The molecule has 0 unspecified atom stereocenters. The van der Waals surface area contributed by atoms with E-state index in [0.29, 0.717) is 5.65 Å². The highest BCUT2D eigenvalue weighted by Crippen LogP contribution is 2.27. The van der Waals surface area contributed by atoms with E-state index in [1.807, 2.05) is 28.8 Å². The first kappa shape index (κ1) is 14.5. The van der Waals surface area contributed by atoms with Gasteiger partial charge in [-0.2, -0.15) is 15.2 Å². The maximum Gasteiger partial charge on any atom is 0.236 e. The number of rotatable bonds is 3. The molecule has 0 N–H and O–H groups in total. The number of methoxy groups -OCH3 is 1. The predicted octanol–water partition coefficient (Wildman–Crippen LogP) is 2.30. The van der Waals surface area contributed by atoms with Gasteiger partial charge < -0.3 is 9.64 Å². The number of nitrogens with zero attached hydrogens (tertiary/aromatic N) is 6. The van der Waals surface area contributed by atoms with Crippen molar-refractivity contribution in [1.82, 2.24) is 19.5 Å². The fraction of sp³-hybridized carbons (Fsp3) is 0.294. The molecular formula is C17H16N6O. The molecule has 0 aliphatic carbocycles. The summed E-state index contributed by atoms with van der Waals surface area (Å²) in [7, 11) is 1.64. The van der Waals surface area contributed by atoms with Crippen molar-refractivity contribution < 1.29 is 4.74 Å². The molecule has 0 amide bonds. The molecule has 2 aromatic heterocycles. The molecule has 1 saturated heterocycles.